The van der Waals surface area contributed by atoms with Crippen molar-refractivity contribution in [3.63, 3.8) is 0 Å². The van der Waals surface area contributed by atoms with Crippen molar-refractivity contribution in [1.29, 1.82) is 0 Å². The number of carbonyl (C=O) groups is 4. The summed E-state index contributed by atoms with van der Waals surface area (Å²) < 4.78 is 0. The van der Waals surface area contributed by atoms with Crippen LogP contribution in [0.1, 0.15) is 55.4 Å². The molecule has 0 aliphatic rings. The zero-order chi connectivity index (χ0) is 23.4. The van der Waals surface area contributed by atoms with Crippen LogP contribution in [0.15, 0.2) is 47.3 Å². The Morgan fingerprint density at radius 3 is 0.517 bits per heavy atom. The van der Waals surface area contributed by atoms with Gasteiger partial charge in [-0.1, -0.05) is 27.7 Å². The first-order valence-electron chi connectivity index (χ1n) is 7.94. The fraction of sp³-hybridized carbons (Fsp3) is 0.400. The molecule has 8 nitrogen and oxygen atoms in total. The van der Waals surface area contributed by atoms with Crippen LogP contribution in [0.5, 0.6) is 0 Å². The molecule has 0 aliphatic carbocycles. The van der Waals surface area contributed by atoms with Crippen molar-refractivity contribution >= 4 is 47.0 Å². The predicted octanol–water partition coefficient (Wildman–Crippen LogP) is -1.02. The van der Waals surface area contributed by atoms with E-state index in [9.17, 15) is 39.6 Å². The Morgan fingerprint density at radius 2 is 0.517 bits per heavy atom. The first-order valence-corrected chi connectivity index (χ1v) is 7.94. The van der Waals surface area contributed by atoms with Gasteiger partial charge in [-0.2, -0.15) is 0 Å². The van der Waals surface area contributed by atoms with Crippen molar-refractivity contribution in [2.24, 2.45) is 0 Å². The van der Waals surface area contributed by atoms with Gasteiger partial charge in [-0.3, -0.25) is 19.2 Å². The molecule has 0 fully saturated rings. The molecule has 0 amide bonds. The van der Waals surface area contributed by atoms with Crippen LogP contribution in [0, 0.1) is 0 Å². The SMILES string of the molecule is CC(=O)/C=C(/C)[O-].CC(=O)/C=C(/C)[O-].CC(=O)/C=C(/C)[O-].CC(=O)/C=C(/C)[O-].[Sn+4]. The minimum absolute atomic E-state index is 0. The topological polar surface area (TPSA) is 161 Å². The second kappa shape index (κ2) is 23.7. The zero-order valence-corrected chi connectivity index (χ0v) is 20.9. The smallest absolute Gasteiger partial charge is 0.876 e. The van der Waals surface area contributed by atoms with Crippen molar-refractivity contribution in [1.82, 2.24) is 0 Å². The van der Waals surface area contributed by atoms with Gasteiger partial charge in [-0.05, 0) is 52.0 Å². The van der Waals surface area contributed by atoms with Crippen molar-refractivity contribution in [2.75, 3.05) is 0 Å². The minimum atomic E-state index is -0.187. The Labute approximate surface area is 189 Å². The van der Waals surface area contributed by atoms with Crippen LogP contribution >= 0.6 is 0 Å². The maximum Gasteiger partial charge on any atom is 4.00 e. The van der Waals surface area contributed by atoms with E-state index in [1.54, 1.807) is 0 Å². The Balaban J connectivity index is -0.0000000873. The van der Waals surface area contributed by atoms with E-state index in [-0.39, 0.29) is 70.1 Å². The molecule has 0 aromatic heterocycles. The normalized spacial score (nSPS) is 11.0. The minimum Gasteiger partial charge on any atom is -0.876 e. The fourth-order valence-electron chi connectivity index (χ4n) is 1.14. The van der Waals surface area contributed by atoms with Gasteiger partial charge in [0.15, 0.2) is 23.1 Å². The average molecular weight is 515 g/mol. The van der Waals surface area contributed by atoms with Gasteiger partial charge in [-0.25, -0.2) is 0 Å². The van der Waals surface area contributed by atoms with Gasteiger partial charge in [0.25, 0.3) is 0 Å². The van der Waals surface area contributed by atoms with Crippen LogP contribution in [0.4, 0.5) is 0 Å². The monoisotopic (exact) mass is 516 g/mol. The van der Waals surface area contributed by atoms with Crippen molar-refractivity contribution in [2.45, 2.75) is 55.4 Å². The van der Waals surface area contributed by atoms with Gasteiger partial charge >= 0.3 is 23.9 Å². The Hall–Kier alpha value is -2.36. The Morgan fingerprint density at radius 1 is 0.414 bits per heavy atom. The molecule has 0 rings (SSSR count). The van der Waals surface area contributed by atoms with Crippen LogP contribution in [0.25, 0.3) is 0 Å². The number of hydrogen-bond acceptors (Lipinski definition) is 8. The largest absolute Gasteiger partial charge is 4.00 e. The summed E-state index contributed by atoms with van der Waals surface area (Å²) in [6.07, 6.45) is 4.22. The molecular formula is C20H28O8Sn. The van der Waals surface area contributed by atoms with Gasteiger partial charge in [-0.15, -0.1) is 23.0 Å². The Bertz CT molecular complexity index is 513. The second-order valence-electron chi connectivity index (χ2n) is 5.46. The van der Waals surface area contributed by atoms with E-state index >= 15 is 0 Å². The molecule has 0 bridgehead atoms. The molecule has 0 aromatic rings. The van der Waals surface area contributed by atoms with E-state index < -0.39 is 0 Å². The third-order valence-corrected chi connectivity index (χ3v) is 1.63. The van der Waals surface area contributed by atoms with E-state index in [0.29, 0.717) is 0 Å². The summed E-state index contributed by atoms with van der Waals surface area (Å²) in [7, 11) is 0. The molecular weight excluding hydrogens is 487 g/mol. The summed E-state index contributed by atoms with van der Waals surface area (Å²) >= 11 is 0. The molecule has 29 heavy (non-hydrogen) atoms. The standard InChI is InChI=1S/4C5H8O2.Sn/c4*1-4(6)3-5(2)7;/h4*3,6H,1-2H3;/q;;;;+4/p-4/b4*4-3-;. The first kappa shape index (κ1) is 37.4. The van der Waals surface area contributed by atoms with E-state index in [2.05, 4.69) is 0 Å². The molecule has 160 valence electrons. The zero-order valence-electron chi connectivity index (χ0n) is 18.1. The maximum absolute atomic E-state index is 9.98. The third kappa shape index (κ3) is 77.0. The van der Waals surface area contributed by atoms with Crippen LogP contribution in [-0.2, 0) is 19.2 Å². The molecule has 0 radical (unpaired) electrons. The quantitative estimate of drug-likeness (QED) is 0.261. The van der Waals surface area contributed by atoms with Crippen molar-refractivity contribution in [3.8, 4) is 0 Å². The van der Waals surface area contributed by atoms with Gasteiger partial charge < -0.3 is 20.4 Å². The summed E-state index contributed by atoms with van der Waals surface area (Å²) in [5, 5.41) is 39.9. The van der Waals surface area contributed by atoms with Crippen LogP contribution in [-0.4, -0.2) is 47.0 Å². The number of carbonyl (C=O) groups excluding carboxylic acids is 4. The summed E-state index contributed by atoms with van der Waals surface area (Å²) in [6, 6.07) is 0. The average Bonchev–Trinajstić information content (AvgIpc) is 2.32. The number of ketones is 4. The van der Waals surface area contributed by atoms with E-state index in [1.807, 2.05) is 0 Å². The van der Waals surface area contributed by atoms with Crippen molar-refractivity contribution < 1.29 is 39.6 Å². The van der Waals surface area contributed by atoms with Crippen LogP contribution < -0.4 is 20.4 Å². The van der Waals surface area contributed by atoms with Gasteiger partial charge in [0.05, 0.1) is 0 Å². The molecule has 0 N–H and O–H groups in total. The molecule has 0 aromatic carbocycles. The number of rotatable bonds is 4. The fourth-order valence-corrected chi connectivity index (χ4v) is 1.14. The van der Waals surface area contributed by atoms with Crippen molar-refractivity contribution in [3.05, 3.63) is 47.3 Å². The summed E-state index contributed by atoms with van der Waals surface area (Å²) in [5.74, 6) is -1.50. The van der Waals surface area contributed by atoms with E-state index in [1.165, 1.54) is 55.4 Å². The van der Waals surface area contributed by atoms with Crippen LogP contribution in [0.2, 0.25) is 0 Å². The predicted molar refractivity (Wildman–Crippen MR) is 104 cm³/mol. The summed E-state index contributed by atoms with van der Waals surface area (Å²) in [4.78, 5) is 39.9. The van der Waals surface area contributed by atoms with Gasteiger partial charge in [0, 0.05) is 0 Å². The Kier molecular flexibility index (Phi) is 30.5. The summed E-state index contributed by atoms with van der Waals surface area (Å²) in [5.41, 5.74) is 0. The van der Waals surface area contributed by atoms with Gasteiger partial charge in [0.1, 0.15) is 0 Å². The number of allylic oxidation sites excluding steroid dienone is 8. The molecule has 0 aliphatic heterocycles. The molecule has 9 heteroatoms. The number of hydrogen-bond donors (Lipinski definition) is 0. The van der Waals surface area contributed by atoms with Crippen LogP contribution in [0.3, 0.4) is 0 Å². The van der Waals surface area contributed by atoms with E-state index in [4.69, 9.17) is 0 Å². The molecule has 0 heterocycles. The second-order valence-corrected chi connectivity index (χ2v) is 5.46. The summed E-state index contributed by atoms with van der Waals surface area (Å²) in [6.45, 7) is 10.8. The molecule has 0 atom stereocenters. The molecule has 0 spiro atoms. The molecule has 0 unspecified atom stereocenters. The molecule has 0 saturated heterocycles. The first-order chi connectivity index (χ1) is 12.5. The maximum atomic E-state index is 9.98. The van der Waals surface area contributed by atoms with Gasteiger partial charge in [0.2, 0.25) is 0 Å². The van der Waals surface area contributed by atoms with E-state index in [0.717, 1.165) is 24.3 Å². The third-order valence-electron chi connectivity index (χ3n) is 1.63. The molecule has 0 saturated carbocycles.